The van der Waals surface area contributed by atoms with Crippen molar-refractivity contribution in [1.82, 2.24) is 14.9 Å². The smallest absolute Gasteiger partial charge is 0.224 e. The predicted molar refractivity (Wildman–Crippen MR) is 73.3 cm³/mol. The van der Waals surface area contributed by atoms with Crippen LogP contribution in [0.4, 0.5) is 11.8 Å². The van der Waals surface area contributed by atoms with Gasteiger partial charge in [0, 0.05) is 50.9 Å². The van der Waals surface area contributed by atoms with Crippen LogP contribution in [-0.2, 0) is 4.79 Å². The van der Waals surface area contributed by atoms with Crippen LogP contribution < -0.4 is 10.2 Å². The monoisotopic (exact) mass is 261 g/mol. The summed E-state index contributed by atoms with van der Waals surface area (Å²) in [6, 6.07) is 0.355. The molecule has 3 heterocycles. The first-order valence-electron chi connectivity index (χ1n) is 6.75. The van der Waals surface area contributed by atoms with E-state index >= 15 is 0 Å². The van der Waals surface area contributed by atoms with E-state index in [1.165, 1.54) is 0 Å². The minimum Gasteiger partial charge on any atom is -0.357 e. The zero-order chi connectivity index (χ0) is 13.4. The van der Waals surface area contributed by atoms with Crippen LogP contribution in [0.15, 0.2) is 6.20 Å². The second-order valence-electron chi connectivity index (χ2n) is 5.18. The number of hydrogen-bond acceptors (Lipinski definition) is 5. The Hall–Kier alpha value is -1.85. The third-order valence-electron chi connectivity index (χ3n) is 3.96. The van der Waals surface area contributed by atoms with Crippen LogP contribution in [0.25, 0.3) is 0 Å². The fourth-order valence-electron chi connectivity index (χ4n) is 2.93. The van der Waals surface area contributed by atoms with Gasteiger partial charge in [0.05, 0.1) is 0 Å². The molecule has 0 aliphatic carbocycles. The number of nitrogens with one attached hydrogen (secondary N) is 1. The van der Waals surface area contributed by atoms with E-state index in [4.69, 9.17) is 0 Å². The SMILES string of the molecule is CNc1ncc(C)c(N2CCN3C(=O)CCC3C2)n1. The molecule has 1 aromatic rings. The highest BCUT2D eigenvalue weighted by atomic mass is 16.2. The molecular weight excluding hydrogens is 242 g/mol. The van der Waals surface area contributed by atoms with Crippen molar-refractivity contribution in [3.8, 4) is 0 Å². The molecule has 0 saturated carbocycles. The van der Waals surface area contributed by atoms with Gasteiger partial charge < -0.3 is 15.1 Å². The highest BCUT2D eigenvalue weighted by Crippen LogP contribution is 2.27. The molecule has 1 N–H and O–H groups in total. The van der Waals surface area contributed by atoms with Crippen LogP contribution in [0.1, 0.15) is 18.4 Å². The third-order valence-corrected chi connectivity index (χ3v) is 3.96. The van der Waals surface area contributed by atoms with Gasteiger partial charge in [0.2, 0.25) is 11.9 Å². The lowest BCUT2D eigenvalue weighted by molar-refractivity contribution is -0.129. The molecule has 2 aliphatic heterocycles. The maximum Gasteiger partial charge on any atom is 0.224 e. The van der Waals surface area contributed by atoms with Crippen molar-refractivity contribution in [2.24, 2.45) is 0 Å². The highest BCUT2D eigenvalue weighted by molar-refractivity contribution is 5.79. The zero-order valence-electron chi connectivity index (χ0n) is 11.4. The molecule has 0 aromatic carbocycles. The minimum absolute atomic E-state index is 0.306. The maximum atomic E-state index is 11.7. The predicted octanol–water partition coefficient (Wildman–Crippen LogP) is 0.638. The summed E-state index contributed by atoms with van der Waals surface area (Å²) in [5.74, 6) is 1.93. The fourth-order valence-corrected chi connectivity index (χ4v) is 2.93. The Bertz CT molecular complexity index is 504. The van der Waals surface area contributed by atoms with Gasteiger partial charge in [-0.2, -0.15) is 4.98 Å². The van der Waals surface area contributed by atoms with Gasteiger partial charge in [-0.3, -0.25) is 4.79 Å². The number of anilines is 2. The maximum absolute atomic E-state index is 11.7. The Morgan fingerprint density at radius 3 is 3.05 bits per heavy atom. The Morgan fingerprint density at radius 1 is 1.42 bits per heavy atom. The number of aryl methyl sites for hydroxylation is 1. The quantitative estimate of drug-likeness (QED) is 0.846. The van der Waals surface area contributed by atoms with E-state index in [0.717, 1.165) is 37.4 Å². The summed E-state index contributed by atoms with van der Waals surface area (Å²) < 4.78 is 0. The lowest BCUT2D eigenvalue weighted by Gasteiger charge is -2.38. The molecule has 6 heteroatoms. The molecule has 2 aliphatic rings. The van der Waals surface area contributed by atoms with E-state index < -0.39 is 0 Å². The summed E-state index contributed by atoms with van der Waals surface area (Å²) in [4.78, 5) is 24.8. The van der Waals surface area contributed by atoms with Crippen LogP contribution in [0.2, 0.25) is 0 Å². The lowest BCUT2D eigenvalue weighted by atomic mass is 10.1. The summed E-state index contributed by atoms with van der Waals surface area (Å²) in [6.45, 7) is 4.57. The minimum atomic E-state index is 0.306. The molecule has 2 fully saturated rings. The number of carbonyl (C=O) groups excluding carboxylic acids is 1. The summed E-state index contributed by atoms with van der Waals surface area (Å²) in [5, 5.41) is 2.97. The molecule has 0 radical (unpaired) electrons. The third kappa shape index (κ3) is 2.11. The lowest BCUT2D eigenvalue weighted by Crippen LogP contribution is -2.52. The van der Waals surface area contributed by atoms with E-state index in [0.29, 0.717) is 24.3 Å². The molecule has 1 amide bonds. The highest BCUT2D eigenvalue weighted by Gasteiger charge is 2.36. The molecule has 0 bridgehead atoms. The van der Waals surface area contributed by atoms with Gasteiger partial charge in [-0.1, -0.05) is 0 Å². The number of aromatic nitrogens is 2. The largest absolute Gasteiger partial charge is 0.357 e. The molecule has 3 rings (SSSR count). The Kier molecular flexibility index (Phi) is 3.00. The van der Waals surface area contributed by atoms with Gasteiger partial charge in [-0.25, -0.2) is 4.98 Å². The van der Waals surface area contributed by atoms with Crippen LogP contribution in [0.5, 0.6) is 0 Å². The van der Waals surface area contributed by atoms with Gasteiger partial charge in [0.15, 0.2) is 0 Å². The van der Waals surface area contributed by atoms with Crippen molar-refractivity contribution >= 4 is 17.7 Å². The molecule has 19 heavy (non-hydrogen) atoms. The first-order valence-corrected chi connectivity index (χ1v) is 6.75. The van der Waals surface area contributed by atoms with Crippen molar-refractivity contribution in [3.05, 3.63) is 11.8 Å². The first-order chi connectivity index (χ1) is 9.19. The summed E-state index contributed by atoms with van der Waals surface area (Å²) in [5.41, 5.74) is 1.08. The van der Waals surface area contributed by atoms with Gasteiger partial charge in [-0.05, 0) is 13.3 Å². The molecule has 6 nitrogen and oxygen atoms in total. The van der Waals surface area contributed by atoms with Crippen LogP contribution in [-0.4, -0.2) is 53.5 Å². The number of fused-ring (bicyclic) bond motifs is 1. The van der Waals surface area contributed by atoms with Gasteiger partial charge in [-0.15, -0.1) is 0 Å². The fraction of sp³-hybridized carbons (Fsp3) is 0.615. The second kappa shape index (κ2) is 4.68. The number of nitrogens with zero attached hydrogens (tertiary/aromatic N) is 4. The van der Waals surface area contributed by atoms with Crippen molar-refractivity contribution in [2.45, 2.75) is 25.8 Å². The van der Waals surface area contributed by atoms with E-state index in [1.807, 2.05) is 25.1 Å². The van der Waals surface area contributed by atoms with Gasteiger partial charge >= 0.3 is 0 Å². The van der Waals surface area contributed by atoms with Gasteiger partial charge in [0.1, 0.15) is 5.82 Å². The van der Waals surface area contributed by atoms with Crippen LogP contribution in [0.3, 0.4) is 0 Å². The van der Waals surface area contributed by atoms with E-state index in [9.17, 15) is 4.79 Å². The zero-order valence-corrected chi connectivity index (χ0v) is 11.4. The Morgan fingerprint density at radius 2 is 2.26 bits per heavy atom. The first kappa shape index (κ1) is 12.2. The molecule has 1 unspecified atom stereocenters. The standard InChI is InChI=1S/C13H19N5O/c1-9-7-15-13(14-2)16-12(9)17-5-6-18-10(8-17)3-4-11(18)19/h7,10H,3-6,8H2,1-2H3,(H,14,15,16). The summed E-state index contributed by atoms with van der Waals surface area (Å²) >= 11 is 0. The van der Waals surface area contributed by atoms with Crippen LogP contribution >= 0.6 is 0 Å². The number of amides is 1. The molecule has 1 atom stereocenters. The van der Waals surface area contributed by atoms with E-state index in [-0.39, 0.29) is 0 Å². The number of hydrogen-bond donors (Lipinski definition) is 1. The molecule has 102 valence electrons. The Labute approximate surface area is 112 Å². The van der Waals surface area contributed by atoms with Gasteiger partial charge in [0.25, 0.3) is 0 Å². The summed E-state index contributed by atoms with van der Waals surface area (Å²) in [7, 11) is 1.82. The molecule has 0 spiro atoms. The molecular formula is C13H19N5O. The number of piperazine rings is 1. The normalized spacial score (nSPS) is 22.6. The number of carbonyl (C=O) groups is 1. The topological polar surface area (TPSA) is 61.4 Å². The van der Waals surface area contributed by atoms with Crippen molar-refractivity contribution in [3.63, 3.8) is 0 Å². The van der Waals surface area contributed by atoms with Crippen LogP contribution in [0, 0.1) is 6.92 Å². The average molecular weight is 261 g/mol. The van der Waals surface area contributed by atoms with Crippen molar-refractivity contribution in [2.75, 3.05) is 36.9 Å². The number of rotatable bonds is 2. The molecule has 1 aromatic heterocycles. The van der Waals surface area contributed by atoms with E-state index in [1.54, 1.807) is 0 Å². The second-order valence-corrected chi connectivity index (χ2v) is 5.18. The van der Waals surface area contributed by atoms with Crippen molar-refractivity contribution in [1.29, 1.82) is 0 Å². The van der Waals surface area contributed by atoms with E-state index in [2.05, 4.69) is 20.2 Å². The molecule has 2 saturated heterocycles. The summed E-state index contributed by atoms with van der Waals surface area (Å²) in [6.07, 6.45) is 3.52. The average Bonchev–Trinajstić information content (AvgIpc) is 2.80. The van der Waals surface area contributed by atoms with Crippen molar-refractivity contribution < 1.29 is 4.79 Å². The Balaban J connectivity index is 1.82.